The fraction of sp³-hybridized carbons (Fsp3) is 0.833. The monoisotopic (exact) mass is 168 g/mol. The van der Waals surface area contributed by atoms with Crippen molar-refractivity contribution in [2.75, 3.05) is 0 Å². The molecule has 0 unspecified atom stereocenters. The molecule has 0 spiro atoms. The lowest BCUT2D eigenvalue weighted by Crippen LogP contribution is -2.24. The molecule has 1 saturated carbocycles. The van der Waals surface area contributed by atoms with Gasteiger partial charge in [-0.2, -0.15) is 8.78 Å². The zero-order chi connectivity index (χ0) is 7.78. The molecule has 4 heteroatoms. The summed E-state index contributed by atoms with van der Waals surface area (Å²) in [4.78, 5) is 10.0. The summed E-state index contributed by atoms with van der Waals surface area (Å²) in [7, 11) is 0. The lowest BCUT2D eigenvalue weighted by atomic mass is 10.2. The summed E-state index contributed by atoms with van der Waals surface area (Å²) in [6, 6.07) is 0. The number of carbonyl (C=O) groups is 1. The van der Waals surface area contributed by atoms with E-state index in [9.17, 15) is 13.6 Å². The van der Waals surface area contributed by atoms with Gasteiger partial charge in [-0.25, -0.2) is 0 Å². The first kappa shape index (κ1) is 7.92. The molecule has 0 aromatic heterocycles. The van der Waals surface area contributed by atoms with Gasteiger partial charge in [0.1, 0.15) is 0 Å². The largest absolute Gasteiger partial charge is 0.320 e. The third kappa shape index (κ3) is 1.90. The highest BCUT2D eigenvalue weighted by molar-refractivity contribution is 6.65. The second-order valence-electron chi connectivity index (χ2n) is 2.63. The molecule has 0 heterocycles. The van der Waals surface area contributed by atoms with E-state index in [0.29, 0.717) is 0 Å². The van der Waals surface area contributed by atoms with Gasteiger partial charge in [-0.15, -0.1) is 0 Å². The zero-order valence-electron chi connectivity index (χ0n) is 5.24. The quantitative estimate of drug-likeness (QED) is 0.591. The van der Waals surface area contributed by atoms with Crippen LogP contribution in [-0.4, -0.2) is 11.2 Å². The maximum Gasteiger partial charge on any atom is 0.320 e. The molecule has 1 rings (SSSR count). The molecule has 0 atom stereocenters. The molecule has 0 amide bonds. The molecule has 0 aromatic rings. The molecular weight excluding hydrogens is 162 g/mol. The predicted molar refractivity (Wildman–Crippen MR) is 33.1 cm³/mol. The number of alkyl halides is 2. The molecule has 1 aliphatic rings. The third-order valence-electron chi connectivity index (χ3n) is 1.53. The molecule has 1 nitrogen and oxygen atoms in total. The Morgan fingerprint density at radius 2 is 2.10 bits per heavy atom. The van der Waals surface area contributed by atoms with Gasteiger partial charge in [-0.3, -0.25) is 4.79 Å². The lowest BCUT2D eigenvalue weighted by molar-refractivity contribution is -0.135. The summed E-state index contributed by atoms with van der Waals surface area (Å²) in [6.45, 7) is 0. The van der Waals surface area contributed by atoms with Crippen molar-refractivity contribution < 1.29 is 13.6 Å². The number of halogens is 3. The van der Waals surface area contributed by atoms with Crippen LogP contribution in [0.4, 0.5) is 8.78 Å². The van der Waals surface area contributed by atoms with Gasteiger partial charge in [0.15, 0.2) is 0 Å². The van der Waals surface area contributed by atoms with E-state index in [1.165, 1.54) is 0 Å². The Morgan fingerprint density at radius 1 is 1.60 bits per heavy atom. The Hall–Kier alpha value is -0.180. The number of carbonyl (C=O) groups excluding carboxylic acids is 1. The summed E-state index contributed by atoms with van der Waals surface area (Å²) in [5, 5.41) is -1.53. The SMILES string of the molecule is O=C(Cl)C(F)(F)CC1CC1. The number of hydrogen-bond donors (Lipinski definition) is 0. The highest BCUT2D eigenvalue weighted by Gasteiger charge is 2.42. The molecular formula is C6H7ClF2O. The van der Waals surface area contributed by atoms with E-state index in [0.717, 1.165) is 12.8 Å². The van der Waals surface area contributed by atoms with Gasteiger partial charge in [0.2, 0.25) is 0 Å². The molecule has 0 radical (unpaired) electrons. The Kier molecular flexibility index (Phi) is 1.95. The Bertz CT molecular complexity index is 154. The fourth-order valence-electron chi connectivity index (χ4n) is 0.765. The molecule has 0 bridgehead atoms. The van der Waals surface area contributed by atoms with Crippen LogP contribution in [0, 0.1) is 5.92 Å². The van der Waals surface area contributed by atoms with Gasteiger partial charge >= 0.3 is 5.92 Å². The van der Waals surface area contributed by atoms with E-state index in [1.54, 1.807) is 0 Å². The highest BCUT2D eigenvalue weighted by atomic mass is 35.5. The summed E-state index contributed by atoms with van der Waals surface area (Å²) in [5.74, 6) is -3.26. The van der Waals surface area contributed by atoms with E-state index >= 15 is 0 Å². The van der Waals surface area contributed by atoms with Gasteiger partial charge in [-0.05, 0) is 30.4 Å². The maximum atomic E-state index is 12.4. The molecule has 58 valence electrons. The highest BCUT2D eigenvalue weighted by Crippen LogP contribution is 2.39. The predicted octanol–water partition coefficient (Wildman–Crippen LogP) is 2.19. The van der Waals surface area contributed by atoms with Gasteiger partial charge in [0.25, 0.3) is 5.24 Å². The minimum atomic E-state index is -3.29. The van der Waals surface area contributed by atoms with E-state index in [1.807, 2.05) is 0 Å². The standard InChI is InChI=1S/C6H7ClF2O/c7-5(10)6(8,9)3-4-1-2-4/h4H,1-3H2. The molecule has 10 heavy (non-hydrogen) atoms. The van der Waals surface area contributed by atoms with Gasteiger partial charge in [0.05, 0.1) is 0 Å². The van der Waals surface area contributed by atoms with Gasteiger partial charge < -0.3 is 0 Å². The molecule has 1 aliphatic carbocycles. The van der Waals surface area contributed by atoms with Crippen LogP contribution in [0.5, 0.6) is 0 Å². The summed E-state index contributed by atoms with van der Waals surface area (Å²) in [5.41, 5.74) is 0. The Morgan fingerprint density at radius 3 is 2.40 bits per heavy atom. The number of rotatable bonds is 3. The lowest BCUT2D eigenvalue weighted by Gasteiger charge is -2.08. The average molecular weight is 169 g/mol. The first-order valence-corrected chi connectivity index (χ1v) is 3.48. The van der Waals surface area contributed by atoms with E-state index < -0.39 is 11.2 Å². The molecule has 0 N–H and O–H groups in total. The Balaban J connectivity index is 2.40. The van der Waals surface area contributed by atoms with Crippen molar-refractivity contribution in [2.45, 2.75) is 25.2 Å². The van der Waals surface area contributed by atoms with Crippen LogP contribution in [-0.2, 0) is 4.79 Å². The van der Waals surface area contributed by atoms with Crippen molar-refractivity contribution in [3.05, 3.63) is 0 Å². The average Bonchev–Trinajstić information content (AvgIpc) is 2.48. The maximum absolute atomic E-state index is 12.4. The second kappa shape index (κ2) is 2.46. The summed E-state index contributed by atoms with van der Waals surface area (Å²) >= 11 is 4.65. The van der Waals surface area contributed by atoms with Crippen LogP contribution in [0.2, 0.25) is 0 Å². The minimum absolute atomic E-state index is 0.0256. The normalized spacial score (nSPS) is 19.1. The zero-order valence-corrected chi connectivity index (χ0v) is 6.00. The Labute approximate surface area is 62.4 Å². The van der Waals surface area contributed by atoms with Gasteiger partial charge in [-0.1, -0.05) is 0 Å². The van der Waals surface area contributed by atoms with Gasteiger partial charge in [0, 0.05) is 6.42 Å². The van der Waals surface area contributed by atoms with Crippen LogP contribution < -0.4 is 0 Å². The summed E-state index contributed by atoms with van der Waals surface area (Å²) < 4.78 is 24.7. The van der Waals surface area contributed by atoms with E-state index in [-0.39, 0.29) is 12.3 Å². The van der Waals surface area contributed by atoms with E-state index in [4.69, 9.17) is 0 Å². The molecule has 0 aliphatic heterocycles. The van der Waals surface area contributed by atoms with Crippen LogP contribution >= 0.6 is 11.6 Å². The smallest absolute Gasteiger partial charge is 0.274 e. The molecule has 0 aromatic carbocycles. The topological polar surface area (TPSA) is 17.1 Å². The first-order chi connectivity index (χ1) is 4.52. The van der Waals surface area contributed by atoms with Crippen molar-refractivity contribution in [3.8, 4) is 0 Å². The second-order valence-corrected chi connectivity index (χ2v) is 2.97. The summed E-state index contributed by atoms with van der Waals surface area (Å²) in [6.07, 6.45) is 1.24. The van der Waals surface area contributed by atoms with Crippen molar-refractivity contribution >= 4 is 16.8 Å². The van der Waals surface area contributed by atoms with E-state index in [2.05, 4.69) is 11.6 Å². The molecule has 0 saturated heterocycles. The van der Waals surface area contributed by atoms with Crippen LogP contribution in [0.3, 0.4) is 0 Å². The van der Waals surface area contributed by atoms with Crippen LogP contribution in [0.15, 0.2) is 0 Å². The van der Waals surface area contributed by atoms with Crippen molar-refractivity contribution in [1.29, 1.82) is 0 Å². The number of hydrogen-bond acceptors (Lipinski definition) is 1. The van der Waals surface area contributed by atoms with Crippen LogP contribution in [0.1, 0.15) is 19.3 Å². The fourth-order valence-corrected chi connectivity index (χ4v) is 0.842. The van der Waals surface area contributed by atoms with Crippen molar-refractivity contribution in [2.24, 2.45) is 5.92 Å². The first-order valence-electron chi connectivity index (χ1n) is 3.10. The van der Waals surface area contributed by atoms with Crippen LogP contribution in [0.25, 0.3) is 0 Å². The van der Waals surface area contributed by atoms with Crippen molar-refractivity contribution in [3.63, 3.8) is 0 Å². The van der Waals surface area contributed by atoms with Crippen molar-refractivity contribution in [1.82, 2.24) is 0 Å². The minimum Gasteiger partial charge on any atom is -0.274 e. The third-order valence-corrected chi connectivity index (χ3v) is 1.81. The molecule has 1 fully saturated rings.